The summed E-state index contributed by atoms with van der Waals surface area (Å²) in [6.07, 6.45) is 5.46. The molecule has 8 heteroatoms. The molecule has 1 fully saturated rings. The third-order valence-electron chi connectivity index (χ3n) is 5.29. The normalized spacial score (nSPS) is 16.7. The number of anilines is 1. The van der Waals surface area contributed by atoms with E-state index in [4.69, 9.17) is 10.3 Å². The van der Waals surface area contributed by atoms with E-state index >= 15 is 0 Å². The molecule has 1 saturated heterocycles. The Balaban J connectivity index is 1.42. The first-order valence-electron chi connectivity index (χ1n) is 9.74. The van der Waals surface area contributed by atoms with Crippen LogP contribution in [0.25, 0.3) is 5.69 Å². The zero-order valence-corrected chi connectivity index (χ0v) is 16.0. The van der Waals surface area contributed by atoms with Gasteiger partial charge in [-0.1, -0.05) is 23.4 Å². The molecule has 150 valence electrons. The van der Waals surface area contributed by atoms with Crippen LogP contribution in [0.5, 0.6) is 0 Å². The van der Waals surface area contributed by atoms with E-state index in [0.717, 1.165) is 18.5 Å². The van der Waals surface area contributed by atoms with E-state index in [1.807, 2.05) is 30.3 Å². The molecule has 0 bridgehead atoms. The lowest BCUT2D eigenvalue weighted by molar-refractivity contribution is -0.132. The van der Waals surface area contributed by atoms with Gasteiger partial charge in [0.05, 0.1) is 23.6 Å². The van der Waals surface area contributed by atoms with E-state index in [1.54, 1.807) is 21.8 Å². The number of Topliss-reactive ketones (excluding diaryl/α,β-unsaturated/α-hetero) is 1. The Bertz CT molecular complexity index is 981. The van der Waals surface area contributed by atoms with Crippen molar-refractivity contribution in [2.45, 2.75) is 25.7 Å². The summed E-state index contributed by atoms with van der Waals surface area (Å²) in [5, 5.41) is 7.94. The number of piperidine rings is 1. The number of nitrogens with zero attached hydrogens (tertiary/aromatic N) is 4. The molecule has 4 rings (SSSR count). The summed E-state index contributed by atoms with van der Waals surface area (Å²) >= 11 is 0. The second-order valence-electron chi connectivity index (χ2n) is 7.21. The number of nitrogens with two attached hydrogens (primary N) is 1. The predicted molar refractivity (Wildman–Crippen MR) is 106 cm³/mol. The van der Waals surface area contributed by atoms with Crippen molar-refractivity contribution in [3.8, 4) is 5.69 Å². The number of hydrogen-bond donors (Lipinski definition) is 1. The van der Waals surface area contributed by atoms with Crippen LogP contribution in [0.4, 0.5) is 5.82 Å². The summed E-state index contributed by atoms with van der Waals surface area (Å²) in [5.74, 6) is 0.706. The first-order valence-corrected chi connectivity index (χ1v) is 9.74. The average Bonchev–Trinajstić information content (AvgIpc) is 3.42. The van der Waals surface area contributed by atoms with E-state index < -0.39 is 0 Å². The van der Waals surface area contributed by atoms with Gasteiger partial charge < -0.3 is 15.2 Å². The van der Waals surface area contributed by atoms with Crippen LogP contribution in [0, 0.1) is 5.92 Å². The second-order valence-corrected chi connectivity index (χ2v) is 7.21. The van der Waals surface area contributed by atoms with Crippen molar-refractivity contribution in [3.05, 3.63) is 60.1 Å². The highest BCUT2D eigenvalue weighted by atomic mass is 16.5. The van der Waals surface area contributed by atoms with Crippen molar-refractivity contribution in [2.75, 3.05) is 18.8 Å². The zero-order valence-electron chi connectivity index (χ0n) is 16.0. The van der Waals surface area contributed by atoms with Crippen LogP contribution in [-0.4, -0.2) is 44.6 Å². The first kappa shape index (κ1) is 18.9. The number of para-hydroxylation sites is 1. The van der Waals surface area contributed by atoms with Gasteiger partial charge in [-0.3, -0.25) is 9.59 Å². The highest BCUT2D eigenvalue weighted by Gasteiger charge is 2.31. The number of nitrogen functional groups attached to an aromatic ring is 1. The monoisotopic (exact) mass is 393 g/mol. The second kappa shape index (κ2) is 8.30. The number of hydrogen-bond acceptors (Lipinski definition) is 6. The summed E-state index contributed by atoms with van der Waals surface area (Å²) in [6.45, 7) is 1.07. The number of aromatic nitrogens is 3. The van der Waals surface area contributed by atoms with Gasteiger partial charge in [-0.2, -0.15) is 5.10 Å². The lowest BCUT2D eigenvalue weighted by Gasteiger charge is -2.32. The Labute approximate surface area is 168 Å². The van der Waals surface area contributed by atoms with Gasteiger partial charge in [-0.15, -0.1) is 0 Å². The molecule has 1 amide bonds. The number of carbonyl (C=O) groups is 2. The molecule has 0 radical (unpaired) electrons. The van der Waals surface area contributed by atoms with Crippen LogP contribution in [-0.2, 0) is 11.2 Å². The highest BCUT2D eigenvalue weighted by Crippen LogP contribution is 2.25. The fraction of sp³-hybridized carbons (Fsp3) is 0.333. The van der Waals surface area contributed by atoms with Gasteiger partial charge in [0.2, 0.25) is 5.91 Å². The van der Waals surface area contributed by atoms with Gasteiger partial charge in [0.1, 0.15) is 11.6 Å². The Morgan fingerprint density at radius 3 is 2.79 bits per heavy atom. The van der Waals surface area contributed by atoms with Crippen molar-refractivity contribution in [2.24, 2.45) is 5.92 Å². The molecular formula is C21H23N5O3. The van der Waals surface area contributed by atoms with E-state index in [0.29, 0.717) is 43.1 Å². The summed E-state index contributed by atoms with van der Waals surface area (Å²) in [5.41, 5.74) is 7.44. The van der Waals surface area contributed by atoms with E-state index in [2.05, 4.69) is 10.3 Å². The third-order valence-corrected chi connectivity index (χ3v) is 5.29. The molecule has 1 aromatic carbocycles. The quantitative estimate of drug-likeness (QED) is 0.645. The molecular weight excluding hydrogens is 370 g/mol. The predicted octanol–water partition coefficient (Wildman–Crippen LogP) is 2.50. The van der Waals surface area contributed by atoms with Gasteiger partial charge in [0.25, 0.3) is 0 Å². The number of amides is 1. The molecule has 3 aromatic rings. The Morgan fingerprint density at radius 1 is 1.21 bits per heavy atom. The van der Waals surface area contributed by atoms with Crippen molar-refractivity contribution in [1.82, 2.24) is 19.8 Å². The van der Waals surface area contributed by atoms with Crippen molar-refractivity contribution in [3.63, 3.8) is 0 Å². The first-order chi connectivity index (χ1) is 14.1. The number of carbonyl (C=O) groups excluding carboxylic acids is 2. The maximum absolute atomic E-state index is 13.1. The summed E-state index contributed by atoms with van der Waals surface area (Å²) < 4.78 is 6.61. The maximum atomic E-state index is 13.1. The summed E-state index contributed by atoms with van der Waals surface area (Å²) in [4.78, 5) is 27.4. The third kappa shape index (κ3) is 4.06. The molecule has 8 nitrogen and oxygen atoms in total. The lowest BCUT2D eigenvalue weighted by Crippen LogP contribution is -2.42. The number of aryl methyl sites for hydroxylation is 1. The number of likely N-dealkylation sites (tertiary alicyclic amines) is 1. The van der Waals surface area contributed by atoms with Gasteiger partial charge in [-0.25, -0.2) is 4.68 Å². The lowest BCUT2D eigenvalue weighted by atomic mass is 9.90. The molecule has 2 aromatic heterocycles. The molecule has 1 aliphatic rings. The van der Waals surface area contributed by atoms with Crippen molar-refractivity contribution >= 4 is 17.5 Å². The average molecular weight is 393 g/mol. The largest absolute Gasteiger partial charge is 0.383 e. The number of rotatable bonds is 6. The fourth-order valence-corrected chi connectivity index (χ4v) is 3.72. The Kier molecular flexibility index (Phi) is 5.41. The topological polar surface area (TPSA) is 107 Å². The molecule has 29 heavy (non-hydrogen) atoms. The summed E-state index contributed by atoms with van der Waals surface area (Å²) in [7, 11) is 0. The van der Waals surface area contributed by atoms with Crippen LogP contribution in [0.3, 0.4) is 0 Å². The van der Waals surface area contributed by atoms with Gasteiger partial charge >= 0.3 is 0 Å². The van der Waals surface area contributed by atoms with Crippen LogP contribution in [0.2, 0.25) is 0 Å². The van der Waals surface area contributed by atoms with Gasteiger partial charge in [0, 0.05) is 37.9 Å². The molecule has 0 aliphatic carbocycles. The summed E-state index contributed by atoms with van der Waals surface area (Å²) in [6, 6.07) is 11.2. The molecule has 0 unspecified atom stereocenters. The zero-order chi connectivity index (χ0) is 20.2. The van der Waals surface area contributed by atoms with Gasteiger partial charge in [-0.05, 0) is 25.0 Å². The van der Waals surface area contributed by atoms with Gasteiger partial charge in [0.15, 0.2) is 5.78 Å². The molecule has 3 heterocycles. The van der Waals surface area contributed by atoms with Crippen LogP contribution in [0.15, 0.2) is 53.3 Å². The minimum Gasteiger partial charge on any atom is -0.383 e. The molecule has 1 atom stereocenters. The molecule has 2 N–H and O–H groups in total. The smallest absolute Gasteiger partial charge is 0.223 e. The SMILES string of the molecule is Nc1c(C(=O)[C@H]2CCCN(C(=O)CCc3ccno3)C2)cnn1-c1ccccc1. The molecule has 1 aliphatic heterocycles. The van der Waals surface area contributed by atoms with E-state index in [-0.39, 0.29) is 17.6 Å². The Hall–Kier alpha value is -3.42. The standard InChI is InChI=1S/C21H23N5O3/c22-21-18(13-23-26(21)16-6-2-1-3-7-16)20(28)15-5-4-12-25(14-15)19(27)9-8-17-10-11-24-29-17/h1-3,6-7,10-11,13,15H,4-5,8-9,12,14,22H2/t15-/m0/s1. The minimum absolute atomic E-state index is 0.0202. The fourth-order valence-electron chi connectivity index (χ4n) is 3.72. The van der Waals surface area contributed by atoms with Crippen molar-refractivity contribution < 1.29 is 14.1 Å². The van der Waals surface area contributed by atoms with Crippen molar-refractivity contribution in [1.29, 1.82) is 0 Å². The highest BCUT2D eigenvalue weighted by molar-refractivity contribution is 6.02. The maximum Gasteiger partial charge on any atom is 0.223 e. The minimum atomic E-state index is -0.270. The number of ketones is 1. The van der Waals surface area contributed by atoms with Crippen LogP contribution in [0.1, 0.15) is 35.4 Å². The molecule has 0 saturated carbocycles. The van der Waals surface area contributed by atoms with Crippen LogP contribution >= 0.6 is 0 Å². The number of benzene rings is 1. The Morgan fingerprint density at radius 2 is 2.03 bits per heavy atom. The van der Waals surface area contributed by atoms with E-state index in [9.17, 15) is 9.59 Å². The van der Waals surface area contributed by atoms with E-state index in [1.165, 1.54) is 6.20 Å². The van der Waals surface area contributed by atoms with Crippen LogP contribution < -0.4 is 5.73 Å². The molecule has 0 spiro atoms.